The van der Waals surface area contributed by atoms with Crippen LogP contribution in [0.5, 0.6) is 0 Å². The predicted molar refractivity (Wildman–Crippen MR) is 66.7 cm³/mol. The van der Waals surface area contributed by atoms with Gasteiger partial charge in [0.15, 0.2) is 0 Å². The fourth-order valence-corrected chi connectivity index (χ4v) is 1.61. The van der Waals surface area contributed by atoms with Crippen LogP contribution in [0.15, 0.2) is 42.7 Å². The van der Waals surface area contributed by atoms with E-state index in [1.807, 2.05) is 41.2 Å². The minimum atomic E-state index is -0.488. The van der Waals surface area contributed by atoms with E-state index in [4.69, 9.17) is 5.11 Å². The zero-order valence-electron chi connectivity index (χ0n) is 9.91. The van der Waals surface area contributed by atoms with Crippen molar-refractivity contribution in [1.29, 1.82) is 0 Å². The normalized spacial score (nSPS) is 10.3. The summed E-state index contributed by atoms with van der Waals surface area (Å²) in [7, 11) is 0. The molecule has 94 valence electrons. The lowest BCUT2D eigenvalue weighted by Crippen LogP contribution is -2.25. The molecule has 0 fully saturated rings. The average Bonchev–Trinajstić information content (AvgIpc) is 2.85. The van der Waals surface area contributed by atoms with Crippen LogP contribution in [-0.4, -0.2) is 27.4 Å². The Hall–Kier alpha value is -2.14. The number of aromatic nitrogens is 2. The number of hydrogen-bond acceptors (Lipinski definition) is 3. The molecule has 18 heavy (non-hydrogen) atoms. The number of hydrogen-bond donors (Lipinski definition) is 2. The molecule has 0 bridgehead atoms. The third-order valence-corrected chi connectivity index (χ3v) is 2.51. The van der Waals surface area contributed by atoms with E-state index in [0.29, 0.717) is 13.1 Å². The first-order valence-electron chi connectivity index (χ1n) is 5.71. The Kier molecular flexibility index (Phi) is 4.09. The summed E-state index contributed by atoms with van der Waals surface area (Å²) < 4.78 is 1.82. The summed E-state index contributed by atoms with van der Waals surface area (Å²) in [5.74, 6) is -0.384. The topological polar surface area (TPSA) is 67.2 Å². The van der Waals surface area contributed by atoms with Gasteiger partial charge in [0.25, 0.3) is 0 Å². The summed E-state index contributed by atoms with van der Waals surface area (Å²) in [5.41, 5.74) is 2.08. The number of carbonyl (C=O) groups excluding carboxylic acids is 1. The smallest absolute Gasteiger partial charge is 0.245 e. The Balaban J connectivity index is 1.92. The number of amides is 1. The van der Waals surface area contributed by atoms with Crippen molar-refractivity contribution in [3.63, 3.8) is 0 Å². The van der Waals surface area contributed by atoms with Gasteiger partial charge in [0.1, 0.15) is 6.61 Å². The lowest BCUT2D eigenvalue weighted by Gasteiger charge is -2.01. The van der Waals surface area contributed by atoms with Crippen LogP contribution in [0.2, 0.25) is 0 Å². The molecule has 2 N–H and O–H groups in total. The van der Waals surface area contributed by atoms with Crippen molar-refractivity contribution in [3.05, 3.63) is 53.9 Å². The van der Waals surface area contributed by atoms with E-state index in [-0.39, 0.29) is 5.91 Å². The molecule has 0 aliphatic heterocycles. The molecular weight excluding hydrogens is 230 g/mol. The fraction of sp³-hybridized carbons (Fsp3) is 0.231. The zero-order chi connectivity index (χ0) is 12.8. The van der Waals surface area contributed by atoms with Gasteiger partial charge in [-0.2, -0.15) is 5.10 Å². The molecule has 2 aromatic rings. The van der Waals surface area contributed by atoms with Crippen LogP contribution >= 0.6 is 0 Å². The maximum atomic E-state index is 10.9. The first kappa shape index (κ1) is 12.3. The Morgan fingerprint density at radius 1 is 1.28 bits per heavy atom. The van der Waals surface area contributed by atoms with E-state index < -0.39 is 6.61 Å². The highest BCUT2D eigenvalue weighted by molar-refractivity contribution is 5.76. The third kappa shape index (κ3) is 3.43. The molecule has 0 saturated carbocycles. The van der Waals surface area contributed by atoms with Crippen LogP contribution in [-0.2, 0) is 17.9 Å². The highest BCUT2D eigenvalue weighted by Crippen LogP contribution is 2.03. The van der Waals surface area contributed by atoms with Gasteiger partial charge in [-0.25, -0.2) is 0 Å². The van der Waals surface area contributed by atoms with Crippen molar-refractivity contribution in [1.82, 2.24) is 15.1 Å². The van der Waals surface area contributed by atoms with Crippen LogP contribution in [0.3, 0.4) is 0 Å². The molecule has 0 spiro atoms. The first-order valence-corrected chi connectivity index (χ1v) is 5.71. The number of aliphatic hydroxyl groups is 1. The molecule has 0 saturated heterocycles. The molecule has 1 aromatic carbocycles. The fourth-order valence-electron chi connectivity index (χ4n) is 1.61. The second-order valence-electron chi connectivity index (χ2n) is 3.97. The van der Waals surface area contributed by atoms with E-state index in [1.165, 1.54) is 5.56 Å². The number of benzene rings is 1. The molecule has 0 aliphatic carbocycles. The monoisotopic (exact) mass is 245 g/mol. The van der Waals surface area contributed by atoms with Gasteiger partial charge in [0.05, 0.1) is 12.7 Å². The van der Waals surface area contributed by atoms with Crippen molar-refractivity contribution >= 4 is 5.91 Å². The van der Waals surface area contributed by atoms with Crippen molar-refractivity contribution in [3.8, 4) is 0 Å². The van der Waals surface area contributed by atoms with Gasteiger partial charge in [-0.15, -0.1) is 0 Å². The third-order valence-electron chi connectivity index (χ3n) is 2.51. The largest absolute Gasteiger partial charge is 0.387 e. The predicted octanol–water partition coefficient (Wildman–Crippen LogP) is 0.540. The number of nitrogens with zero attached hydrogens (tertiary/aromatic N) is 2. The van der Waals surface area contributed by atoms with Crippen molar-refractivity contribution in [2.24, 2.45) is 0 Å². The lowest BCUT2D eigenvalue weighted by molar-refractivity contribution is -0.123. The molecule has 0 unspecified atom stereocenters. The van der Waals surface area contributed by atoms with Crippen molar-refractivity contribution < 1.29 is 9.90 Å². The summed E-state index contributed by atoms with van der Waals surface area (Å²) >= 11 is 0. The van der Waals surface area contributed by atoms with Gasteiger partial charge in [0.2, 0.25) is 5.91 Å². The molecule has 1 amide bonds. The lowest BCUT2D eigenvalue weighted by atomic mass is 10.2. The Labute approximate surface area is 105 Å². The molecular formula is C13H15N3O2. The quantitative estimate of drug-likeness (QED) is 0.808. The highest BCUT2D eigenvalue weighted by Gasteiger charge is 2.02. The minimum Gasteiger partial charge on any atom is -0.387 e. The summed E-state index contributed by atoms with van der Waals surface area (Å²) in [5, 5.41) is 15.4. The summed E-state index contributed by atoms with van der Waals surface area (Å²) in [6.45, 7) is 0.598. The average molecular weight is 245 g/mol. The van der Waals surface area contributed by atoms with Crippen molar-refractivity contribution in [2.75, 3.05) is 6.61 Å². The Morgan fingerprint density at radius 2 is 2.06 bits per heavy atom. The molecule has 1 heterocycles. The molecule has 5 heteroatoms. The maximum absolute atomic E-state index is 10.9. The van der Waals surface area contributed by atoms with E-state index in [0.717, 1.165) is 5.56 Å². The van der Waals surface area contributed by atoms with Crippen LogP contribution in [0.4, 0.5) is 0 Å². The number of carbonyl (C=O) groups is 1. The van der Waals surface area contributed by atoms with Gasteiger partial charge in [-0.05, 0) is 5.56 Å². The highest BCUT2D eigenvalue weighted by atomic mass is 16.3. The van der Waals surface area contributed by atoms with Crippen molar-refractivity contribution in [2.45, 2.75) is 13.1 Å². The van der Waals surface area contributed by atoms with Gasteiger partial charge in [0, 0.05) is 18.3 Å². The second kappa shape index (κ2) is 5.97. The summed E-state index contributed by atoms with van der Waals surface area (Å²) in [4.78, 5) is 10.9. The Bertz CT molecular complexity index is 508. The van der Waals surface area contributed by atoms with Crippen LogP contribution in [0, 0.1) is 0 Å². The maximum Gasteiger partial charge on any atom is 0.245 e. The van der Waals surface area contributed by atoms with Gasteiger partial charge >= 0.3 is 0 Å². The van der Waals surface area contributed by atoms with Gasteiger partial charge in [-0.3, -0.25) is 9.48 Å². The molecule has 1 aromatic heterocycles. The summed E-state index contributed by atoms with van der Waals surface area (Å²) in [6.07, 6.45) is 3.59. The Morgan fingerprint density at radius 3 is 2.78 bits per heavy atom. The zero-order valence-corrected chi connectivity index (χ0v) is 9.91. The number of rotatable bonds is 5. The molecule has 2 rings (SSSR count). The second-order valence-corrected chi connectivity index (χ2v) is 3.97. The molecule has 0 radical (unpaired) electrons. The van der Waals surface area contributed by atoms with Crippen LogP contribution in [0.1, 0.15) is 11.1 Å². The molecule has 5 nitrogen and oxygen atoms in total. The first-order chi connectivity index (χ1) is 8.78. The molecule has 0 aliphatic rings. The number of nitrogens with one attached hydrogen (secondary N) is 1. The SMILES string of the molecule is O=C(CO)NCc1cnn(Cc2ccccc2)c1. The van der Waals surface area contributed by atoms with E-state index in [9.17, 15) is 4.79 Å². The standard InChI is InChI=1S/C13H15N3O2/c17-10-13(18)14-6-12-7-15-16(9-12)8-11-4-2-1-3-5-11/h1-5,7,9,17H,6,8,10H2,(H,14,18). The van der Waals surface area contributed by atoms with Gasteiger partial charge < -0.3 is 10.4 Å². The van der Waals surface area contributed by atoms with E-state index in [1.54, 1.807) is 6.20 Å². The van der Waals surface area contributed by atoms with Crippen LogP contribution < -0.4 is 5.32 Å². The van der Waals surface area contributed by atoms with Gasteiger partial charge in [-0.1, -0.05) is 30.3 Å². The van der Waals surface area contributed by atoms with E-state index >= 15 is 0 Å². The summed E-state index contributed by atoms with van der Waals surface area (Å²) in [6, 6.07) is 10.0. The molecule has 0 atom stereocenters. The van der Waals surface area contributed by atoms with Crippen LogP contribution in [0.25, 0.3) is 0 Å². The van der Waals surface area contributed by atoms with E-state index in [2.05, 4.69) is 10.4 Å². The minimum absolute atomic E-state index is 0.383. The number of aliphatic hydroxyl groups excluding tert-OH is 1.